The van der Waals surface area contributed by atoms with Gasteiger partial charge in [0.1, 0.15) is 11.5 Å². The van der Waals surface area contributed by atoms with Crippen molar-refractivity contribution >= 4 is 19.0 Å². The lowest BCUT2D eigenvalue weighted by Crippen LogP contribution is -2.46. The SMILES string of the molecule is C[C@]12CC[C@@H]3c4ccc(O)c([Si](C)(C)C)c4CC[C@H]3[C@@H]1CCC2=O. The van der Waals surface area contributed by atoms with Crippen LogP contribution in [0, 0.1) is 17.3 Å². The molecule has 0 saturated heterocycles. The number of carbonyl (C=O) groups is 1. The van der Waals surface area contributed by atoms with Crippen molar-refractivity contribution in [2.45, 2.75) is 71.0 Å². The van der Waals surface area contributed by atoms with Crippen molar-refractivity contribution in [2.75, 3.05) is 0 Å². The van der Waals surface area contributed by atoms with Crippen LogP contribution in [0.5, 0.6) is 5.75 Å². The Balaban J connectivity index is 1.78. The van der Waals surface area contributed by atoms with Crippen LogP contribution in [-0.2, 0) is 11.2 Å². The summed E-state index contributed by atoms with van der Waals surface area (Å²) in [6.07, 6.45) is 6.39. The van der Waals surface area contributed by atoms with Gasteiger partial charge < -0.3 is 5.11 Å². The minimum Gasteiger partial charge on any atom is -0.508 e. The lowest BCUT2D eigenvalue weighted by molar-refractivity contribution is -0.129. The van der Waals surface area contributed by atoms with Crippen LogP contribution in [0.1, 0.15) is 56.1 Å². The molecule has 4 rings (SSSR count). The molecule has 2 fully saturated rings. The van der Waals surface area contributed by atoms with E-state index < -0.39 is 8.07 Å². The van der Waals surface area contributed by atoms with E-state index in [1.54, 1.807) is 0 Å². The van der Waals surface area contributed by atoms with Crippen LogP contribution in [0.25, 0.3) is 0 Å². The molecule has 0 radical (unpaired) electrons. The Morgan fingerprint density at radius 1 is 1.12 bits per heavy atom. The number of hydrogen-bond acceptors (Lipinski definition) is 2. The summed E-state index contributed by atoms with van der Waals surface area (Å²) in [5.74, 6) is 2.89. The number of ketones is 1. The number of fused-ring (bicyclic) bond motifs is 5. The van der Waals surface area contributed by atoms with Gasteiger partial charge in [0.15, 0.2) is 0 Å². The van der Waals surface area contributed by atoms with E-state index in [-0.39, 0.29) is 5.41 Å². The topological polar surface area (TPSA) is 37.3 Å². The van der Waals surface area contributed by atoms with Crippen LogP contribution in [0.15, 0.2) is 12.1 Å². The van der Waals surface area contributed by atoms with Gasteiger partial charge in [0, 0.05) is 11.8 Å². The fourth-order valence-electron chi connectivity index (χ4n) is 6.26. The second-order valence-electron chi connectivity index (χ2n) is 9.61. The summed E-state index contributed by atoms with van der Waals surface area (Å²) in [5.41, 5.74) is 2.92. The van der Waals surface area contributed by atoms with Gasteiger partial charge in [0.25, 0.3) is 0 Å². The van der Waals surface area contributed by atoms with Gasteiger partial charge >= 0.3 is 0 Å². The number of phenols is 1. The van der Waals surface area contributed by atoms with E-state index in [2.05, 4.69) is 32.6 Å². The Labute approximate surface area is 146 Å². The average Bonchev–Trinajstić information content (AvgIpc) is 2.81. The summed E-state index contributed by atoms with van der Waals surface area (Å²) in [7, 11) is -1.57. The van der Waals surface area contributed by atoms with Crippen molar-refractivity contribution in [3.63, 3.8) is 0 Å². The highest BCUT2D eigenvalue weighted by Crippen LogP contribution is 2.59. The number of rotatable bonds is 1. The van der Waals surface area contributed by atoms with Gasteiger partial charge in [-0.3, -0.25) is 4.79 Å². The van der Waals surface area contributed by atoms with Crippen molar-refractivity contribution in [1.82, 2.24) is 0 Å². The molecule has 24 heavy (non-hydrogen) atoms. The number of hydrogen-bond donors (Lipinski definition) is 1. The van der Waals surface area contributed by atoms with E-state index in [1.165, 1.54) is 22.7 Å². The lowest BCUT2D eigenvalue weighted by atomic mass is 9.55. The Kier molecular flexibility index (Phi) is 3.55. The molecule has 0 unspecified atom stereocenters. The fraction of sp³-hybridized carbons (Fsp3) is 0.667. The summed E-state index contributed by atoms with van der Waals surface area (Å²) < 4.78 is 0. The number of carbonyl (C=O) groups excluding carboxylic acids is 1. The Bertz CT molecular complexity index is 703. The van der Waals surface area contributed by atoms with Crippen LogP contribution in [0.4, 0.5) is 0 Å². The van der Waals surface area contributed by atoms with Crippen molar-refractivity contribution in [2.24, 2.45) is 17.3 Å². The van der Waals surface area contributed by atoms with Crippen molar-refractivity contribution in [1.29, 1.82) is 0 Å². The van der Waals surface area contributed by atoms with Gasteiger partial charge in [-0.05, 0) is 72.2 Å². The highest BCUT2D eigenvalue weighted by atomic mass is 28.3. The second kappa shape index (κ2) is 5.20. The monoisotopic (exact) mass is 342 g/mol. The van der Waals surface area contributed by atoms with Crippen LogP contribution in [0.3, 0.4) is 0 Å². The van der Waals surface area contributed by atoms with E-state index in [9.17, 15) is 9.90 Å². The standard InChI is InChI=1S/C21H30O2Si/c1-21-12-11-14-13-7-9-18(22)20(24(2,3)4)16(13)6-5-15(14)17(21)8-10-19(21)23/h7,9,14-15,17,22H,5-6,8,10-12H2,1-4H3/t14-,15-,17+,21+/m1/s1. The summed E-state index contributed by atoms with van der Waals surface area (Å²) in [6, 6.07) is 4.15. The number of Topliss-reactive ketones (excluding diaryl/α,β-unsaturated/α-hetero) is 1. The molecule has 4 atom stereocenters. The molecule has 1 N–H and O–H groups in total. The van der Waals surface area contributed by atoms with Gasteiger partial charge in [0.05, 0.1) is 8.07 Å². The van der Waals surface area contributed by atoms with Crippen molar-refractivity contribution in [3.8, 4) is 5.75 Å². The fourth-order valence-corrected chi connectivity index (χ4v) is 8.29. The highest BCUT2D eigenvalue weighted by molar-refractivity contribution is 6.89. The molecule has 3 heteroatoms. The van der Waals surface area contributed by atoms with Crippen LogP contribution >= 0.6 is 0 Å². The predicted octanol–water partition coefficient (Wildman–Crippen LogP) is 4.36. The Morgan fingerprint density at radius 2 is 1.88 bits per heavy atom. The quantitative estimate of drug-likeness (QED) is 0.770. The molecule has 0 aromatic heterocycles. The van der Waals surface area contributed by atoms with Gasteiger partial charge in [-0.1, -0.05) is 32.6 Å². The molecule has 2 saturated carbocycles. The normalized spacial score (nSPS) is 35.3. The zero-order valence-electron chi connectivity index (χ0n) is 15.5. The van der Waals surface area contributed by atoms with Gasteiger partial charge in [-0.25, -0.2) is 0 Å². The lowest BCUT2D eigenvalue weighted by Gasteiger charge is -2.49. The largest absolute Gasteiger partial charge is 0.508 e. The van der Waals surface area contributed by atoms with Crippen LogP contribution in [-0.4, -0.2) is 19.0 Å². The molecule has 0 spiro atoms. The summed E-state index contributed by atoms with van der Waals surface area (Å²) in [6.45, 7) is 9.25. The molecule has 0 aliphatic heterocycles. The third-order valence-corrected chi connectivity index (χ3v) is 9.41. The average molecular weight is 343 g/mol. The molecule has 130 valence electrons. The van der Waals surface area contributed by atoms with Gasteiger partial charge in [0.2, 0.25) is 0 Å². The summed E-state index contributed by atoms with van der Waals surface area (Å²) >= 11 is 0. The Morgan fingerprint density at radius 3 is 2.58 bits per heavy atom. The molecular formula is C21H30O2Si. The smallest absolute Gasteiger partial charge is 0.139 e. The summed E-state index contributed by atoms with van der Waals surface area (Å²) in [4.78, 5) is 12.5. The first kappa shape index (κ1) is 16.4. The van der Waals surface area contributed by atoms with Gasteiger partial charge in [-0.15, -0.1) is 0 Å². The molecule has 3 aliphatic carbocycles. The van der Waals surface area contributed by atoms with E-state index in [1.807, 2.05) is 6.07 Å². The first-order valence-corrected chi connectivity index (χ1v) is 13.1. The number of phenolic OH excluding ortho intramolecular Hbond substituents is 1. The van der Waals surface area contributed by atoms with E-state index in [0.717, 1.165) is 32.1 Å². The molecule has 1 aromatic rings. The van der Waals surface area contributed by atoms with Gasteiger partial charge in [-0.2, -0.15) is 0 Å². The summed E-state index contributed by atoms with van der Waals surface area (Å²) in [5, 5.41) is 11.8. The van der Waals surface area contributed by atoms with E-state index in [0.29, 0.717) is 29.3 Å². The van der Waals surface area contributed by atoms with Crippen LogP contribution in [0.2, 0.25) is 19.6 Å². The third-order valence-electron chi connectivity index (χ3n) is 7.35. The zero-order chi connectivity index (χ0) is 17.3. The van der Waals surface area contributed by atoms with Crippen molar-refractivity contribution < 1.29 is 9.90 Å². The Hall–Kier alpha value is -1.09. The highest BCUT2D eigenvalue weighted by Gasteiger charge is 2.54. The molecule has 0 amide bonds. The number of aromatic hydroxyl groups is 1. The van der Waals surface area contributed by atoms with Crippen LogP contribution < -0.4 is 5.19 Å². The first-order chi connectivity index (χ1) is 11.2. The maximum Gasteiger partial charge on any atom is 0.139 e. The molecular weight excluding hydrogens is 312 g/mol. The maximum atomic E-state index is 12.5. The minimum absolute atomic E-state index is 0.0444. The minimum atomic E-state index is -1.57. The zero-order valence-corrected chi connectivity index (χ0v) is 16.5. The number of benzene rings is 1. The van der Waals surface area contributed by atoms with Crippen molar-refractivity contribution in [3.05, 3.63) is 23.3 Å². The maximum absolute atomic E-state index is 12.5. The molecule has 0 bridgehead atoms. The molecule has 0 heterocycles. The van der Waals surface area contributed by atoms with E-state index >= 15 is 0 Å². The van der Waals surface area contributed by atoms with E-state index in [4.69, 9.17) is 0 Å². The molecule has 3 aliphatic rings. The molecule has 1 aromatic carbocycles. The first-order valence-electron chi connectivity index (χ1n) is 9.62. The third kappa shape index (κ3) is 2.16. The molecule has 2 nitrogen and oxygen atoms in total. The second-order valence-corrected chi connectivity index (χ2v) is 14.6. The predicted molar refractivity (Wildman–Crippen MR) is 101 cm³/mol.